The van der Waals surface area contributed by atoms with Gasteiger partial charge in [0, 0.05) is 0 Å². The van der Waals surface area contributed by atoms with Gasteiger partial charge >= 0.3 is 5.97 Å². The van der Waals surface area contributed by atoms with Crippen LogP contribution in [0, 0.1) is 5.92 Å². The van der Waals surface area contributed by atoms with E-state index in [2.05, 4.69) is 6.92 Å². The van der Waals surface area contributed by atoms with Crippen LogP contribution in [0.5, 0.6) is 0 Å². The highest BCUT2D eigenvalue weighted by Crippen LogP contribution is 2.10. The maximum atomic E-state index is 10.5. The molecule has 2 nitrogen and oxygen atoms in total. The Balaban J connectivity index is 4.00. The highest BCUT2D eigenvalue weighted by atomic mass is 16.4. The molecule has 0 heterocycles. The lowest BCUT2D eigenvalue weighted by molar-refractivity contribution is -0.139. The first-order chi connectivity index (χ1) is 5.09. The van der Waals surface area contributed by atoms with E-state index in [0.29, 0.717) is 0 Å². The van der Waals surface area contributed by atoms with Crippen LogP contribution < -0.4 is 0 Å². The summed E-state index contributed by atoms with van der Waals surface area (Å²) in [7, 11) is 0. The molecule has 0 aliphatic rings. The molecule has 0 aromatic heterocycles. The normalized spacial score (nSPS) is 14.6. The Kier molecular flexibility index (Phi) is 4.59. The van der Waals surface area contributed by atoms with Crippen LogP contribution in [-0.2, 0) is 4.79 Å². The zero-order valence-corrected chi connectivity index (χ0v) is 7.42. The molecule has 1 atom stereocenters. The minimum atomic E-state index is -0.741. The average Bonchev–Trinajstić information content (AvgIpc) is 1.98. The number of hydrogen-bond donors (Lipinski definition) is 1. The van der Waals surface area contributed by atoms with Crippen molar-refractivity contribution in [1.82, 2.24) is 0 Å². The number of carboxylic acid groups (broad SMARTS) is 1. The fourth-order valence-electron chi connectivity index (χ4n) is 0.744. The van der Waals surface area contributed by atoms with Gasteiger partial charge in [0.2, 0.25) is 0 Å². The van der Waals surface area contributed by atoms with Crippen molar-refractivity contribution < 1.29 is 9.90 Å². The van der Waals surface area contributed by atoms with Crippen LogP contribution in [-0.4, -0.2) is 11.1 Å². The van der Waals surface area contributed by atoms with E-state index in [4.69, 9.17) is 5.11 Å². The van der Waals surface area contributed by atoms with Crippen molar-refractivity contribution in [2.45, 2.75) is 33.6 Å². The number of allylic oxidation sites excluding steroid dienone is 1. The Morgan fingerprint density at radius 3 is 2.55 bits per heavy atom. The highest BCUT2D eigenvalue weighted by molar-refractivity contribution is 5.72. The summed E-state index contributed by atoms with van der Waals surface area (Å²) in [6.45, 7) is 5.66. The SMILES string of the molecule is CCC/C=C(/C)C(C)C(=O)O. The van der Waals surface area contributed by atoms with Gasteiger partial charge in [-0.3, -0.25) is 4.79 Å². The van der Waals surface area contributed by atoms with Crippen LogP contribution in [0.1, 0.15) is 33.6 Å². The number of carboxylic acids is 1. The Morgan fingerprint density at radius 2 is 2.18 bits per heavy atom. The molecule has 0 amide bonds. The Labute approximate surface area is 67.9 Å². The highest BCUT2D eigenvalue weighted by Gasteiger charge is 2.11. The second kappa shape index (κ2) is 4.94. The summed E-state index contributed by atoms with van der Waals surface area (Å²) in [5.74, 6) is -1.07. The molecule has 64 valence electrons. The van der Waals surface area contributed by atoms with Crippen molar-refractivity contribution in [3.05, 3.63) is 11.6 Å². The maximum Gasteiger partial charge on any atom is 0.310 e. The molecule has 0 bridgehead atoms. The van der Waals surface area contributed by atoms with E-state index < -0.39 is 5.97 Å². The van der Waals surface area contributed by atoms with Gasteiger partial charge < -0.3 is 5.11 Å². The molecule has 0 saturated carbocycles. The van der Waals surface area contributed by atoms with Crippen molar-refractivity contribution in [1.29, 1.82) is 0 Å². The molecule has 11 heavy (non-hydrogen) atoms. The molecule has 0 aliphatic carbocycles. The molecule has 0 aromatic rings. The minimum Gasteiger partial charge on any atom is -0.481 e. The third-order valence-electron chi connectivity index (χ3n) is 1.81. The second-order valence-electron chi connectivity index (χ2n) is 2.80. The van der Waals surface area contributed by atoms with Gasteiger partial charge in [0.05, 0.1) is 5.92 Å². The van der Waals surface area contributed by atoms with E-state index >= 15 is 0 Å². The fraction of sp³-hybridized carbons (Fsp3) is 0.667. The standard InChI is InChI=1S/C9H16O2/c1-4-5-6-7(2)8(3)9(10)11/h6,8H,4-5H2,1-3H3,(H,10,11)/b7-6-. The van der Waals surface area contributed by atoms with E-state index in [-0.39, 0.29) is 5.92 Å². The molecule has 0 rings (SSSR count). The number of unbranched alkanes of at least 4 members (excludes halogenated alkanes) is 1. The predicted molar refractivity (Wildman–Crippen MR) is 45.5 cm³/mol. The first-order valence-electron chi connectivity index (χ1n) is 3.99. The summed E-state index contributed by atoms with van der Waals surface area (Å²) >= 11 is 0. The minimum absolute atomic E-state index is 0.332. The molecule has 0 saturated heterocycles. The Morgan fingerprint density at radius 1 is 1.64 bits per heavy atom. The summed E-state index contributed by atoms with van der Waals surface area (Å²) in [5.41, 5.74) is 0.958. The topological polar surface area (TPSA) is 37.3 Å². The van der Waals surface area contributed by atoms with Gasteiger partial charge in [-0.25, -0.2) is 0 Å². The lowest BCUT2D eigenvalue weighted by atomic mass is 10.0. The summed E-state index contributed by atoms with van der Waals surface area (Å²) in [4.78, 5) is 10.5. The van der Waals surface area contributed by atoms with Crippen molar-refractivity contribution >= 4 is 5.97 Å². The van der Waals surface area contributed by atoms with Crippen LogP contribution >= 0.6 is 0 Å². The number of carbonyl (C=O) groups is 1. The van der Waals surface area contributed by atoms with Crippen molar-refractivity contribution in [3.8, 4) is 0 Å². The van der Waals surface area contributed by atoms with Crippen LogP contribution in [0.25, 0.3) is 0 Å². The largest absolute Gasteiger partial charge is 0.481 e. The van der Waals surface area contributed by atoms with Crippen LogP contribution in [0.4, 0.5) is 0 Å². The smallest absolute Gasteiger partial charge is 0.310 e. The molecule has 0 aliphatic heterocycles. The lowest BCUT2D eigenvalue weighted by Crippen LogP contribution is -2.10. The zero-order valence-electron chi connectivity index (χ0n) is 7.42. The third kappa shape index (κ3) is 3.81. The average molecular weight is 156 g/mol. The van der Waals surface area contributed by atoms with E-state index in [1.807, 2.05) is 13.0 Å². The second-order valence-corrected chi connectivity index (χ2v) is 2.80. The summed E-state index contributed by atoms with van der Waals surface area (Å²) in [6.07, 6.45) is 4.05. The van der Waals surface area contributed by atoms with Gasteiger partial charge in [-0.05, 0) is 20.3 Å². The molecule has 2 heteroatoms. The predicted octanol–water partition coefficient (Wildman–Crippen LogP) is 2.45. The quantitative estimate of drug-likeness (QED) is 0.635. The molecule has 0 aromatic carbocycles. The van der Waals surface area contributed by atoms with Gasteiger partial charge in [0.25, 0.3) is 0 Å². The first kappa shape index (κ1) is 10.2. The van der Waals surface area contributed by atoms with Crippen molar-refractivity contribution in [2.75, 3.05) is 0 Å². The van der Waals surface area contributed by atoms with Crippen molar-refractivity contribution in [3.63, 3.8) is 0 Å². The van der Waals surface area contributed by atoms with E-state index in [9.17, 15) is 4.79 Å². The molecule has 1 unspecified atom stereocenters. The van der Waals surface area contributed by atoms with E-state index in [1.54, 1.807) is 6.92 Å². The van der Waals surface area contributed by atoms with Gasteiger partial charge in [-0.2, -0.15) is 0 Å². The van der Waals surface area contributed by atoms with E-state index in [0.717, 1.165) is 18.4 Å². The van der Waals surface area contributed by atoms with Crippen LogP contribution in [0.15, 0.2) is 11.6 Å². The Bertz CT molecular complexity index is 159. The fourth-order valence-corrected chi connectivity index (χ4v) is 0.744. The monoisotopic (exact) mass is 156 g/mol. The maximum absolute atomic E-state index is 10.5. The first-order valence-corrected chi connectivity index (χ1v) is 3.99. The van der Waals surface area contributed by atoms with Gasteiger partial charge in [0.1, 0.15) is 0 Å². The van der Waals surface area contributed by atoms with Gasteiger partial charge in [-0.1, -0.05) is 25.0 Å². The molecule has 1 N–H and O–H groups in total. The summed E-state index contributed by atoms with van der Waals surface area (Å²) in [6, 6.07) is 0. The number of hydrogen-bond acceptors (Lipinski definition) is 1. The number of aliphatic carboxylic acids is 1. The molecule has 0 spiro atoms. The molecule has 0 fully saturated rings. The Hall–Kier alpha value is -0.790. The van der Waals surface area contributed by atoms with Gasteiger partial charge in [0.15, 0.2) is 0 Å². The van der Waals surface area contributed by atoms with Crippen LogP contribution in [0.3, 0.4) is 0 Å². The molecule has 0 radical (unpaired) electrons. The summed E-state index contributed by atoms with van der Waals surface area (Å²) < 4.78 is 0. The van der Waals surface area contributed by atoms with Crippen LogP contribution in [0.2, 0.25) is 0 Å². The molecular formula is C9H16O2. The van der Waals surface area contributed by atoms with Crippen molar-refractivity contribution in [2.24, 2.45) is 5.92 Å². The number of rotatable bonds is 4. The molecular weight excluding hydrogens is 140 g/mol. The van der Waals surface area contributed by atoms with Gasteiger partial charge in [-0.15, -0.1) is 0 Å². The summed E-state index contributed by atoms with van der Waals surface area (Å²) in [5, 5.41) is 8.61. The lowest BCUT2D eigenvalue weighted by Gasteiger charge is -2.05. The third-order valence-corrected chi connectivity index (χ3v) is 1.81. The van der Waals surface area contributed by atoms with E-state index in [1.165, 1.54) is 0 Å². The zero-order chi connectivity index (χ0) is 8.85.